The van der Waals surface area contributed by atoms with Crippen LogP contribution in [0.2, 0.25) is 10.0 Å². The Bertz CT molecular complexity index is 352. The molecule has 0 aliphatic carbocycles. The van der Waals surface area contributed by atoms with E-state index in [1.807, 2.05) is 22.6 Å². The number of ether oxygens (including phenoxy) is 1. The van der Waals surface area contributed by atoms with Crippen LogP contribution < -0.4 is 0 Å². The molecular formula is C8H5Cl2IO2. The Hall–Kier alpha value is -0.000000000000000111. The standard InChI is InChI=1S/C8H5Cl2IO2/c1-13-8(12)5-2-4(11)3-6(9)7(5)10/h2-3H,1H3. The maximum Gasteiger partial charge on any atom is 0.339 e. The van der Waals surface area contributed by atoms with Crippen molar-refractivity contribution in [2.24, 2.45) is 0 Å². The monoisotopic (exact) mass is 330 g/mol. The summed E-state index contributed by atoms with van der Waals surface area (Å²) >= 11 is 13.6. The molecule has 0 saturated heterocycles. The van der Waals surface area contributed by atoms with Crippen molar-refractivity contribution in [1.82, 2.24) is 0 Å². The van der Waals surface area contributed by atoms with Gasteiger partial charge < -0.3 is 4.74 Å². The molecule has 0 spiro atoms. The Morgan fingerprint density at radius 1 is 1.46 bits per heavy atom. The van der Waals surface area contributed by atoms with E-state index in [-0.39, 0.29) is 5.02 Å². The van der Waals surface area contributed by atoms with Crippen LogP contribution in [0.25, 0.3) is 0 Å². The highest BCUT2D eigenvalue weighted by molar-refractivity contribution is 14.1. The third-order valence-electron chi connectivity index (χ3n) is 1.40. The number of benzene rings is 1. The summed E-state index contributed by atoms with van der Waals surface area (Å²) in [6.45, 7) is 0. The van der Waals surface area contributed by atoms with Crippen molar-refractivity contribution < 1.29 is 9.53 Å². The number of carbonyl (C=O) groups is 1. The van der Waals surface area contributed by atoms with E-state index in [1.165, 1.54) is 7.11 Å². The van der Waals surface area contributed by atoms with E-state index in [1.54, 1.807) is 12.1 Å². The predicted molar refractivity (Wildman–Crippen MR) is 60.5 cm³/mol. The Labute approximate surface area is 99.3 Å². The number of hydrogen-bond acceptors (Lipinski definition) is 2. The van der Waals surface area contributed by atoms with Gasteiger partial charge in [-0.3, -0.25) is 0 Å². The summed E-state index contributed by atoms with van der Waals surface area (Å²) in [4.78, 5) is 11.2. The molecule has 0 aliphatic heterocycles. The summed E-state index contributed by atoms with van der Waals surface area (Å²) < 4.78 is 5.38. The molecule has 0 atom stereocenters. The molecule has 13 heavy (non-hydrogen) atoms. The zero-order valence-corrected chi connectivity index (χ0v) is 10.3. The minimum Gasteiger partial charge on any atom is -0.465 e. The summed E-state index contributed by atoms with van der Waals surface area (Å²) in [7, 11) is 1.30. The summed E-state index contributed by atoms with van der Waals surface area (Å²) in [6.07, 6.45) is 0. The molecule has 0 amide bonds. The van der Waals surface area contributed by atoms with Gasteiger partial charge in [-0.25, -0.2) is 4.79 Å². The van der Waals surface area contributed by atoms with Crippen LogP contribution in [0.15, 0.2) is 12.1 Å². The van der Waals surface area contributed by atoms with Gasteiger partial charge in [-0.15, -0.1) is 0 Å². The first-order chi connectivity index (χ1) is 6.06. The van der Waals surface area contributed by atoms with Crippen LogP contribution in [0.5, 0.6) is 0 Å². The van der Waals surface area contributed by atoms with Crippen molar-refractivity contribution in [2.75, 3.05) is 7.11 Å². The van der Waals surface area contributed by atoms with E-state index in [4.69, 9.17) is 23.2 Å². The molecule has 1 rings (SSSR count). The van der Waals surface area contributed by atoms with Gasteiger partial charge >= 0.3 is 5.97 Å². The molecule has 5 heteroatoms. The zero-order valence-electron chi connectivity index (χ0n) is 6.61. The zero-order chi connectivity index (χ0) is 10.0. The minimum absolute atomic E-state index is 0.230. The second-order valence-electron chi connectivity index (χ2n) is 2.24. The summed E-state index contributed by atoms with van der Waals surface area (Å²) in [5.41, 5.74) is 0.293. The second-order valence-corrected chi connectivity index (χ2v) is 4.27. The molecule has 1 aromatic rings. The third-order valence-corrected chi connectivity index (χ3v) is 2.82. The van der Waals surface area contributed by atoms with Crippen LogP contribution in [-0.4, -0.2) is 13.1 Å². The van der Waals surface area contributed by atoms with Gasteiger partial charge in [0.1, 0.15) is 0 Å². The van der Waals surface area contributed by atoms with Gasteiger partial charge in [-0.05, 0) is 34.7 Å². The predicted octanol–water partition coefficient (Wildman–Crippen LogP) is 3.38. The molecule has 0 saturated carbocycles. The van der Waals surface area contributed by atoms with Crippen molar-refractivity contribution >= 4 is 51.8 Å². The Morgan fingerprint density at radius 3 is 2.62 bits per heavy atom. The van der Waals surface area contributed by atoms with Gasteiger partial charge in [-0.1, -0.05) is 23.2 Å². The Kier molecular flexibility index (Phi) is 3.82. The van der Waals surface area contributed by atoms with E-state index in [2.05, 4.69) is 4.74 Å². The number of carbonyl (C=O) groups excluding carboxylic acids is 1. The lowest BCUT2D eigenvalue weighted by molar-refractivity contribution is 0.0601. The van der Waals surface area contributed by atoms with Crippen molar-refractivity contribution in [3.05, 3.63) is 31.3 Å². The smallest absolute Gasteiger partial charge is 0.339 e. The first-order valence-corrected chi connectivity index (χ1v) is 5.12. The molecule has 0 unspecified atom stereocenters. The van der Waals surface area contributed by atoms with Crippen LogP contribution in [-0.2, 0) is 4.74 Å². The molecule has 0 N–H and O–H groups in total. The summed E-state index contributed by atoms with van der Waals surface area (Å²) in [5, 5.41) is 0.586. The van der Waals surface area contributed by atoms with E-state index in [9.17, 15) is 4.79 Å². The number of esters is 1. The number of halogens is 3. The van der Waals surface area contributed by atoms with Crippen LogP contribution in [0.1, 0.15) is 10.4 Å². The van der Waals surface area contributed by atoms with Crippen LogP contribution in [0.4, 0.5) is 0 Å². The van der Waals surface area contributed by atoms with Crippen LogP contribution in [0, 0.1) is 3.57 Å². The fourth-order valence-corrected chi connectivity index (χ4v) is 2.03. The first-order valence-electron chi connectivity index (χ1n) is 3.29. The molecule has 0 radical (unpaired) electrons. The van der Waals surface area contributed by atoms with Crippen molar-refractivity contribution in [2.45, 2.75) is 0 Å². The van der Waals surface area contributed by atoms with E-state index < -0.39 is 5.97 Å². The quantitative estimate of drug-likeness (QED) is 0.448. The fourth-order valence-electron chi connectivity index (χ4n) is 0.814. The molecule has 0 aromatic heterocycles. The molecular weight excluding hydrogens is 326 g/mol. The van der Waals surface area contributed by atoms with Gasteiger partial charge in [0.25, 0.3) is 0 Å². The van der Waals surface area contributed by atoms with Crippen LogP contribution in [0.3, 0.4) is 0 Å². The van der Waals surface area contributed by atoms with Gasteiger partial charge in [0.05, 0.1) is 22.7 Å². The van der Waals surface area contributed by atoms with Gasteiger partial charge in [0.15, 0.2) is 0 Å². The SMILES string of the molecule is COC(=O)c1cc(I)cc(Cl)c1Cl. The molecule has 2 nitrogen and oxygen atoms in total. The lowest BCUT2D eigenvalue weighted by atomic mass is 10.2. The lowest BCUT2D eigenvalue weighted by Crippen LogP contribution is -2.02. The summed E-state index contributed by atoms with van der Waals surface area (Å²) in [6, 6.07) is 3.30. The topological polar surface area (TPSA) is 26.3 Å². The van der Waals surface area contributed by atoms with Crippen molar-refractivity contribution in [3.8, 4) is 0 Å². The maximum absolute atomic E-state index is 11.2. The second kappa shape index (κ2) is 4.48. The average Bonchev–Trinajstić information content (AvgIpc) is 2.10. The maximum atomic E-state index is 11.2. The third kappa shape index (κ3) is 2.48. The fraction of sp³-hybridized carbons (Fsp3) is 0.125. The van der Waals surface area contributed by atoms with Crippen molar-refractivity contribution in [3.63, 3.8) is 0 Å². The minimum atomic E-state index is -0.481. The first kappa shape index (κ1) is 11.1. The van der Waals surface area contributed by atoms with E-state index in [0.29, 0.717) is 10.6 Å². The van der Waals surface area contributed by atoms with E-state index in [0.717, 1.165) is 3.57 Å². The van der Waals surface area contributed by atoms with Crippen LogP contribution >= 0.6 is 45.8 Å². The normalized spacial score (nSPS) is 9.85. The number of rotatable bonds is 1. The van der Waals surface area contributed by atoms with Crippen molar-refractivity contribution in [1.29, 1.82) is 0 Å². The molecule has 0 aliphatic rings. The molecule has 0 bridgehead atoms. The van der Waals surface area contributed by atoms with Gasteiger partial charge in [0, 0.05) is 3.57 Å². The largest absolute Gasteiger partial charge is 0.465 e. The molecule has 0 fully saturated rings. The number of methoxy groups -OCH3 is 1. The molecule has 0 heterocycles. The highest BCUT2D eigenvalue weighted by Gasteiger charge is 2.14. The number of hydrogen-bond donors (Lipinski definition) is 0. The highest BCUT2D eigenvalue weighted by atomic mass is 127. The Morgan fingerprint density at radius 2 is 2.08 bits per heavy atom. The summed E-state index contributed by atoms with van der Waals surface area (Å²) in [5.74, 6) is -0.481. The van der Waals surface area contributed by atoms with Gasteiger partial charge in [0.2, 0.25) is 0 Å². The lowest BCUT2D eigenvalue weighted by Gasteiger charge is -2.04. The Balaban J connectivity index is 3.28. The highest BCUT2D eigenvalue weighted by Crippen LogP contribution is 2.28. The van der Waals surface area contributed by atoms with E-state index >= 15 is 0 Å². The molecule has 1 aromatic carbocycles. The van der Waals surface area contributed by atoms with Gasteiger partial charge in [-0.2, -0.15) is 0 Å². The average molecular weight is 331 g/mol. The molecule has 70 valence electrons.